The van der Waals surface area contributed by atoms with Gasteiger partial charge in [0, 0.05) is 6.07 Å². The number of halogens is 1. The summed E-state index contributed by atoms with van der Waals surface area (Å²) in [5, 5.41) is 17.4. The first-order chi connectivity index (χ1) is 13.9. The van der Waals surface area contributed by atoms with E-state index in [1.165, 1.54) is 11.0 Å². The minimum absolute atomic E-state index is 0.143. The lowest BCUT2D eigenvalue weighted by Crippen LogP contribution is -3.15. The number of quaternary nitrogens is 1. The third-order valence-electron chi connectivity index (χ3n) is 5.02. The molecule has 0 spiro atoms. The van der Waals surface area contributed by atoms with E-state index in [4.69, 9.17) is 11.6 Å². The molecule has 154 valence electrons. The zero-order valence-electron chi connectivity index (χ0n) is 16.3. The van der Waals surface area contributed by atoms with E-state index in [0.717, 1.165) is 38.3 Å². The summed E-state index contributed by atoms with van der Waals surface area (Å²) < 4.78 is 0. The number of amides is 2. The fourth-order valence-electron chi connectivity index (χ4n) is 3.45. The van der Waals surface area contributed by atoms with Crippen LogP contribution in [0.15, 0.2) is 42.5 Å². The molecule has 0 unspecified atom stereocenters. The van der Waals surface area contributed by atoms with Gasteiger partial charge in [-0.2, -0.15) is 0 Å². The molecule has 1 saturated heterocycles. The quantitative estimate of drug-likeness (QED) is 0.494. The maximum Gasteiger partial charge on any atom is 0.319 e. The van der Waals surface area contributed by atoms with E-state index < -0.39 is 0 Å². The SMILES string of the molecule is Cc1ccc(Cl)c(NC(=O)NCC[NH+]2CCN(c3ccccc3[N+](=O)[O-])CC2)c1. The summed E-state index contributed by atoms with van der Waals surface area (Å²) in [5.41, 5.74) is 2.42. The lowest BCUT2D eigenvalue weighted by atomic mass is 10.2. The summed E-state index contributed by atoms with van der Waals surface area (Å²) in [6.45, 7) is 6.47. The van der Waals surface area contributed by atoms with Crippen LogP contribution >= 0.6 is 11.6 Å². The molecule has 0 bridgehead atoms. The van der Waals surface area contributed by atoms with Gasteiger partial charge in [0.2, 0.25) is 0 Å². The lowest BCUT2D eigenvalue weighted by molar-refractivity contribution is -0.899. The van der Waals surface area contributed by atoms with Gasteiger partial charge in [-0.3, -0.25) is 10.1 Å². The number of hydrogen-bond donors (Lipinski definition) is 3. The highest BCUT2D eigenvalue weighted by atomic mass is 35.5. The maximum absolute atomic E-state index is 12.1. The maximum atomic E-state index is 12.1. The third kappa shape index (κ3) is 5.58. The predicted octanol–water partition coefficient (Wildman–Crippen LogP) is 2.08. The van der Waals surface area contributed by atoms with E-state index in [0.29, 0.717) is 22.9 Å². The molecule has 1 aliphatic heterocycles. The van der Waals surface area contributed by atoms with Crippen LogP contribution in [0.25, 0.3) is 0 Å². The molecule has 0 aliphatic carbocycles. The molecule has 1 aliphatic rings. The molecule has 0 aromatic heterocycles. The summed E-state index contributed by atoms with van der Waals surface area (Å²) in [6, 6.07) is 12.0. The Morgan fingerprint density at radius 1 is 1.24 bits per heavy atom. The van der Waals surface area contributed by atoms with Crippen LogP contribution in [-0.4, -0.2) is 50.2 Å². The highest BCUT2D eigenvalue weighted by Crippen LogP contribution is 2.27. The van der Waals surface area contributed by atoms with Crippen molar-refractivity contribution in [1.29, 1.82) is 0 Å². The highest BCUT2D eigenvalue weighted by Gasteiger charge is 2.25. The molecule has 29 heavy (non-hydrogen) atoms. The summed E-state index contributed by atoms with van der Waals surface area (Å²) in [7, 11) is 0. The molecule has 0 radical (unpaired) electrons. The van der Waals surface area contributed by atoms with Crippen LogP contribution in [0.5, 0.6) is 0 Å². The van der Waals surface area contributed by atoms with E-state index in [2.05, 4.69) is 15.5 Å². The molecule has 3 rings (SSSR count). The van der Waals surface area contributed by atoms with Gasteiger partial charge in [-0.1, -0.05) is 29.8 Å². The number of nitrogens with zero attached hydrogens (tertiary/aromatic N) is 2. The molecule has 0 atom stereocenters. The summed E-state index contributed by atoms with van der Waals surface area (Å²) in [4.78, 5) is 26.4. The van der Waals surface area contributed by atoms with Crippen molar-refractivity contribution in [3.63, 3.8) is 0 Å². The van der Waals surface area contributed by atoms with Crippen molar-refractivity contribution in [3.05, 3.63) is 63.2 Å². The van der Waals surface area contributed by atoms with Gasteiger partial charge in [-0.05, 0) is 30.7 Å². The first-order valence-corrected chi connectivity index (χ1v) is 9.95. The molecule has 3 N–H and O–H groups in total. The molecule has 1 fully saturated rings. The number of nitrogens with one attached hydrogen (secondary N) is 3. The van der Waals surface area contributed by atoms with Crippen LogP contribution in [-0.2, 0) is 0 Å². The van der Waals surface area contributed by atoms with Gasteiger partial charge < -0.3 is 20.4 Å². The first kappa shape index (κ1) is 20.9. The summed E-state index contributed by atoms with van der Waals surface area (Å²) in [5.74, 6) is 0. The van der Waals surface area contributed by atoms with Crippen LogP contribution in [0.4, 0.5) is 21.9 Å². The smallest absolute Gasteiger partial charge is 0.319 e. The van der Waals surface area contributed by atoms with Crippen molar-refractivity contribution in [3.8, 4) is 0 Å². The van der Waals surface area contributed by atoms with Crippen LogP contribution in [0.2, 0.25) is 5.02 Å². The van der Waals surface area contributed by atoms with Crippen LogP contribution < -0.4 is 20.4 Å². The molecule has 8 nitrogen and oxygen atoms in total. The standard InChI is InChI=1S/C20H24ClN5O3/c1-15-6-7-16(21)17(14-15)23-20(27)22-8-9-24-10-12-25(13-11-24)18-4-2-3-5-19(18)26(28)29/h2-7,14H,8-13H2,1H3,(H2,22,23,27)/p+1. The predicted molar refractivity (Wildman–Crippen MR) is 114 cm³/mol. The number of nitro benzene ring substituents is 1. The van der Waals surface area contributed by atoms with E-state index in [1.54, 1.807) is 18.2 Å². The molecule has 9 heteroatoms. The second kappa shape index (κ2) is 9.58. The topological polar surface area (TPSA) is 92.0 Å². The van der Waals surface area contributed by atoms with Crippen molar-refractivity contribution >= 4 is 34.7 Å². The van der Waals surface area contributed by atoms with Gasteiger partial charge in [0.25, 0.3) is 5.69 Å². The molecule has 2 aromatic carbocycles. The molecule has 1 heterocycles. The van der Waals surface area contributed by atoms with Gasteiger partial charge in [0.1, 0.15) is 5.69 Å². The number of hydrogen-bond acceptors (Lipinski definition) is 4. The van der Waals surface area contributed by atoms with Crippen LogP contribution in [0.1, 0.15) is 5.56 Å². The Morgan fingerprint density at radius 3 is 2.69 bits per heavy atom. The van der Waals surface area contributed by atoms with Crippen molar-refractivity contribution < 1.29 is 14.6 Å². The number of nitro groups is 1. The number of rotatable bonds is 6. The number of aryl methyl sites for hydroxylation is 1. The minimum Gasteiger partial charge on any atom is -0.355 e. The Morgan fingerprint density at radius 2 is 1.97 bits per heavy atom. The van der Waals surface area contributed by atoms with Gasteiger partial charge in [-0.25, -0.2) is 4.79 Å². The number of benzene rings is 2. The number of urea groups is 1. The van der Waals surface area contributed by atoms with E-state index in [-0.39, 0.29) is 16.6 Å². The first-order valence-electron chi connectivity index (χ1n) is 9.57. The third-order valence-corrected chi connectivity index (χ3v) is 5.35. The van der Waals surface area contributed by atoms with Gasteiger partial charge >= 0.3 is 6.03 Å². The lowest BCUT2D eigenvalue weighted by Gasteiger charge is -2.33. The normalized spacial score (nSPS) is 14.5. The molecule has 0 saturated carbocycles. The van der Waals surface area contributed by atoms with Crippen molar-refractivity contribution in [1.82, 2.24) is 5.32 Å². The highest BCUT2D eigenvalue weighted by molar-refractivity contribution is 6.33. The van der Waals surface area contributed by atoms with Crippen LogP contribution in [0, 0.1) is 17.0 Å². The second-order valence-corrected chi connectivity index (χ2v) is 7.50. The number of piperazine rings is 1. The monoisotopic (exact) mass is 418 g/mol. The molecule has 2 aromatic rings. The Balaban J connectivity index is 1.43. The Kier molecular flexibility index (Phi) is 6.90. The second-order valence-electron chi connectivity index (χ2n) is 7.10. The average molecular weight is 419 g/mol. The zero-order valence-corrected chi connectivity index (χ0v) is 17.0. The fraction of sp³-hybridized carbons (Fsp3) is 0.350. The van der Waals surface area contributed by atoms with E-state index in [9.17, 15) is 14.9 Å². The van der Waals surface area contributed by atoms with Crippen LogP contribution in [0.3, 0.4) is 0 Å². The minimum atomic E-state index is -0.336. The fourth-order valence-corrected chi connectivity index (χ4v) is 3.62. The average Bonchev–Trinajstić information content (AvgIpc) is 2.71. The van der Waals surface area contributed by atoms with E-state index >= 15 is 0 Å². The number of carbonyl (C=O) groups excluding carboxylic acids is 1. The van der Waals surface area contributed by atoms with Gasteiger partial charge in [0.15, 0.2) is 0 Å². The number of anilines is 2. The Bertz CT molecular complexity index is 884. The summed E-state index contributed by atoms with van der Waals surface area (Å²) in [6.07, 6.45) is 0. The van der Waals surface area contributed by atoms with Crippen molar-refractivity contribution in [2.45, 2.75) is 6.92 Å². The largest absolute Gasteiger partial charge is 0.355 e. The number of carbonyl (C=O) groups is 1. The van der Waals surface area contributed by atoms with Gasteiger partial charge in [0.05, 0.1) is 54.9 Å². The summed E-state index contributed by atoms with van der Waals surface area (Å²) >= 11 is 6.10. The molecule has 2 amide bonds. The molecular weight excluding hydrogens is 394 g/mol. The zero-order chi connectivity index (χ0) is 20.8. The van der Waals surface area contributed by atoms with Crippen molar-refractivity contribution in [2.24, 2.45) is 0 Å². The van der Waals surface area contributed by atoms with E-state index in [1.807, 2.05) is 25.1 Å². The Hall–Kier alpha value is -2.84. The Labute approximate surface area is 174 Å². The molecular formula is C20H25ClN5O3+. The number of para-hydroxylation sites is 2. The van der Waals surface area contributed by atoms with Gasteiger partial charge in [-0.15, -0.1) is 0 Å². The van der Waals surface area contributed by atoms with Crippen molar-refractivity contribution in [2.75, 3.05) is 49.5 Å².